The van der Waals surface area contributed by atoms with Crippen LogP contribution in [0.5, 0.6) is 0 Å². The molecule has 0 unspecified atom stereocenters. The van der Waals surface area contributed by atoms with Crippen LogP contribution in [0.1, 0.15) is 49.0 Å². The fraction of sp³-hybridized carbons (Fsp3) is 0.611. The molecule has 4 heteroatoms. The fourth-order valence-electron chi connectivity index (χ4n) is 2.37. The number of likely N-dealkylation sites (N-methyl/N-ethyl adjacent to an activating group) is 1. The lowest BCUT2D eigenvalue weighted by atomic mass is 10.1. The summed E-state index contributed by atoms with van der Waals surface area (Å²) in [5.41, 5.74) is 1.53. The molecule has 0 radical (unpaired) electrons. The van der Waals surface area contributed by atoms with Gasteiger partial charge in [-0.25, -0.2) is 4.79 Å². The van der Waals surface area contributed by atoms with E-state index in [0.717, 1.165) is 32.7 Å². The first kappa shape index (κ1) is 18.7. The van der Waals surface area contributed by atoms with Crippen LogP contribution in [0.4, 0.5) is 0 Å². The van der Waals surface area contributed by atoms with Crippen molar-refractivity contribution in [3.05, 3.63) is 35.4 Å². The van der Waals surface area contributed by atoms with E-state index in [2.05, 4.69) is 30.7 Å². The first-order chi connectivity index (χ1) is 10.6. The SMILES string of the molecule is CCCCC.CN1CCN(Cc2ccc(C(=O)O)cc2)CC1. The van der Waals surface area contributed by atoms with Crippen molar-refractivity contribution in [3.8, 4) is 0 Å². The molecule has 1 aromatic rings. The van der Waals surface area contributed by atoms with E-state index in [4.69, 9.17) is 5.11 Å². The summed E-state index contributed by atoms with van der Waals surface area (Å²) in [5.74, 6) is -0.865. The molecule has 4 nitrogen and oxygen atoms in total. The number of piperazine rings is 1. The van der Waals surface area contributed by atoms with Gasteiger partial charge in [-0.15, -0.1) is 0 Å². The Labute approximate surface area is 134 Å². The summed E-state index contributed by atoms with van der Waals surface area (Å²) in [6.45, 7) is 9.70. The summed E-state index contributed by atoms with van der Waals surface area (Å²) >= 11 is 0. The van der Waals surface area contributed by atoms with Gasteiger partial charge < -0.3 is 10.0 Å². The second-order valence-electron chi connectivity index (χ2n) is 5.94. The van der Waals surface area contributed by atoms with E-state index in [1.807, 2.05) is 12.1 Å². The minimum Gasteiger partial charge on any atom is -0.478 e. The van der Waals surface area contributed by atoms with Crippen LogP contribution < -0.4 is 0 Å². The number of unbranched alkanes of at least 4 members (excludes halogenated alkanes) is 2. The number of aromatic carboxylic acids is 1. The van der Waals surface area contributed by atoms with Crippen LogP contribution in [-0.4, -0.2) is 54.1 Å². The number of carbonyl (C=O) groups is 1. The molecule has 1 aliphatic heterocycles. The highest BCUT2D eigenvalue weighted by Crippen LogP contribution is 2.09. The summed E-state index contributed by atoms with van der Waals surface area (Å²) in [7, 11) is 2.14. The van der Waals surface area contributed by atoms with E-state index < -0.39 is 5.97 Å². The molecule has 0 saturated carbocycles. The van der Waals surface area contributed by atoms with Crippen molar-refractivity contribution in [2.75, 3.05) is 33.2 Å². The molecular formula is C18H30N2O2. The lowest BCUT2D eigenvalue weighted by Crippen LogP contribution is -2.43. The Morgan fingerprint density at radius 1 is 1.05 bits per heavy atom. The molecule has 0 atom stereocenters. The van der Waals surface area contributed by atoms with Gasteiger partial charge in [-0.3, -0.25) is 4.90 Å². The standard InChI is InChI=1S/C13H18N2O2.C5H12/c1-14-6-8-15(9-7-14)10-11-2-4-12(5-3-11)13(16)17;1-3-5-4-2/h2-5H,6-10H2,1H3,(H,16,17);3-5H2,1-2H3. The molecule has 2 rings (SSSR count). The van der Waals surface area contributed by atoms with Gasteiger partial charge in [-0.1, -0.05) is 45.2 Å². The van der Waals surface area contributed by atoms with Gasteiger partial charge >= 0.3 is 5.97 Å². The zero-order valence-corrected chi connectivity index (χ0v) is 14.2. The third kappa shape index (κ3) is 7.05. The molecule has 1 saturated heterocycles. The number of hydrogen-bond acceptors (Lipinski definition) is 3. The van der Waals surface area contributed by atoms with E-state index in [1.165, 1.54) is 24.8 Å². The number of nitrogens with zero attached hydrogens (tertiary/aromatic N) is 2. The minimum atomic E-state index is -0.865. The fourth-order valence-corrected chi connectivity index (χ4v) is 2.37. The van der Waals surface area contributed by atoms with E-state index in [1.54, 1.807) is 12.1 Å². The molecular weight excluding hydrogens is 276 g/mol. The Morgan fingerprint density at radius 2 is 1.59 bits per heavy atom. The zero-order chi connectivity index (χ0) is 16.4. The second-order valence-corrected chi connectivity index (χ2v) is 5.94. The Morgan fingerprint density at radius 3 is 2.00 bits per heavy atom. The van der Waals surface area contributed by atoms with Gasteiger partial charge in [0.05, 0.1) is 5.56 Å². The van der Waals surface area contributed by atoms with Gasteiger partial charge in [0, 0.05) is 32.7 Å². The number of carboxylic acid groups (broad SMARTS) is 1. The Kier molecular flexibility index (Phi) is 8.78. The molecule has 1 heterocycles. The third-order valence-electron chi connectivity index (χ3n) is 3.91. The highest BCUT2D eigenvalue weighted by Gasteiger charge is 2.13. The van der Waals surface area contributed by atoms with Crippen molar-refractivity contribution >= 4 is 5.97 Å². The van der Waals surface area contributed by atoms with Crippen LogP contribution in [0, 0.1) is 0 Å². The zero-order valence-electron chi connectivity index (χ0n) is 14.2. The summed E-state index contributed by atoms with van der Waals surface area (Å²) < 4.78 is 0. The Bertz CT molecular complexity index is 421. The van der Waals surface area contributed by atoms with Crippen molar-refractivity contribution in [1.29, 1.82) is 0 Å². The first-order valence-electron chi connectivity index (χ1n) is 8.30. The molecule has 1 N–H and O–H groups in total. The maximum atomic E-state index is 10.7. The van der Waals surface area contributed by atoms with Crippen molar-refractivity contribution in [3.63, 3.8) is 0 Å². The monoisotopic (exact) mass is 306 g/mol. The first-order valence-corrected chi connectivity index (χ1v) is 8.30. The molecule has 124 valence electrons. The smallest absolute Gasteiger partial charge is 0.335 e. The minimum absolute atomic E-state index is 0.354. The topological polar surface area (TPSA) is 43.8 Å². The van der Waals surface area contributed by atoms with Crippen molar-refractivity contribution in [2.24, 2.45) is 0 Å². The summed E-state index contributed by atoms with van der Waals surface area (Å²) in [6, 6.07) is 7.16. The van der Waals surface area contributed by atoms with Gasteiger partial charge in [0.25, 0.3) is 0 Å². The van der Waals surface area contributed by atoms with Crippen molar-refractivity contribution in [2.45, 2.75) is 39.7 Å². The van der Waals surface area contributed by atoms with Gasteiger partial charge in [-0.2, -0.15) is 0 Å². The normalized spacial score (nSPS) is 16.0. The van der Waals surface area contributed by atoms with Gasteiger partial charge in [-0.05, 0) is 24.7 Å². The van der Waals surface area contributed by atoms with E-state index in [0.29, 0.717) is 5.56 Å². The van der Waals surface area contributed by atoms with Crippen LogP contribution in [0.15, 0.2) is 24.3 Å². The predicted octanol–water partition coefficient (Wildman–Crippen LogP) is 3.33. The number of rotatable bonds is 5. The Balaban J connectivity index is 0.000000422. The predicted molar refractivity (Wildman–Crippen MR) is 91.4 cm³/mol. The quantitative estimate of drug-likeness (QED) is 0.906. The van der Waals surface area contributed by atoms with Crippen LogP contribution >= 0.6 is 0 Å². The van der Waals surface area contributed by atoms with Gasteiger partial charge in [0.1, 0.15) is 0 Å². The largest absolute Gasteiger partial charge is 0.478 e. The molecule has 0 spiro atoms. The molecule has 0 aromatic heterocycles. The van der Waals surface area contributed by atoms with E-state index in [-0.39, 0.29) is 0 Å². The molecule has 1 aromatic carbocycles. The number of benzene rings is 1. The highest BCUT2D eigenvalue weighted by atomic mass is 16.4. The average Bonchev–Trinajstić information content (AvgIpc) is 2.51. The lowest BCUT2D eigenvalue weighted by molar-refractivity contribution is 0.0697. The third-order valence-corrected chi connectivity index (χ3v) is 3.91. The van der Waals surface area contributed by atoms with Gasteiger partial charge in [0.15, 0.2) is 0 Å². The number of hydrogen-bond donors (Lipinski definition) is 1. The maximum Gasteiger partial charge on any atom is 0.335 e. The van der Waals surface area contributed by atoms with Crippen molar-refractivity contribution in [1.82, 2.24) is 9.80 Å². The van der Waals surface area contributed by atoms with E-state index in [9.17, 15) is 4.79 Å². The summed E-state index contributed by atoms with van der Waals surface area (Å²) in [6.07, 6.45) is 4.08. The maximum absolute atomic E-state index is 10.7. The average molecular weight is 306 g/mol. The van der Waals surface area contributed by atoms with Crippen LogP contribution in [0.25, 0.3) is 0 Å². The lowest BCUT2D eigenvalue weighted by Gasteiger charge is -2.32. The molecule has 0 bridgehead atoms. The summed E-state index contributed by atoms with van der Waals surface area (Å²) in [5, 5.41) is 8.81. The van der Waals surface area contributed by atoms with Crippen molar-refractivity contribution < 1.29 is 9.90 Å². The van der Waals surface area contributed by atoms with Crippen LogP contribution in [-0.2, 0) is 6.54 Å². The molecule has 1 fully saturated rings. The number of carboxylic acids is 1. The van der Waals surface area contributed by atoms with Crippen LogP contribution in [0.2, 0.25) is 0 Å². The molecule has 22 heavy (non-hydrogen) atoms. The summed E-state index contributed by atoms with van der Waals surface area (Å²) in [4.78, 5) is 15.4. The van der Waals surface area contributed by atoms with Gasteiger partial charge in [0.2, 0.25) is 0 Å². The second kappa shape index (κ2) is 10.4. The molecule has 0 aliphatic carbocycles. The van der Waals surface area contributed by atoms with Crippen LogP contribution in [0.3, 0.4) is 0 Å². The Hall–Kier alpha value is -1.39. The van der Waals surface area contributed by atoms with E-state index >= 15 is 0 Å². The molecule has 1 aliphatic rings. The highest BCUT2D eigenvalue weighted by molar-refractivity contribution is 5.87. The molecule has 0 amide bonds.